The van der Waals surface area contributed by atoms with Gasteiger partial charge in [-0.2, -0.15) is 0 Å². The summed E-state index contributed by atoms with van der Waals surface area (Å²) in [6.07, 6.45) is 19.4. The molecule has 2 aromatic rings. The minimum absolute atomic E-state index is 0.168. The fraction of sp³-hybridized carbons (Fsp3) is 0.586. The lowest BCUT2D eigenvalue weighted by atomic mass is 9.69. The molecule has 0 nitrogen and oxygen atoms in total. The Morgan fingerprint density at radius 3 is 1.24 bits per heavy atom. The third-order valence-corrected chi connectivity index (χ3v) is 6.71. The molecule has 2 rings (SSSR count). The second kappa shape index (κ2) is 14.4. The molecular formula is C29H44. The van der Waals surface area contributed by atoms with Gasteiger partial charge in [0.1, 0.15) is 0 Å². The first-order chi connectivity index (χ1) is 14.3. The Kier molecular flexibility index (Phi) is 11.8. The second-order valence-electron chi connectivity index (χ2n) is 8.81. The summed E-state index contributed by atoms with van der Waals surface area (Å²) in [5, 5.41) is 0. The Labute approximate surface area is 181 Å². The van der Waals surface area contributed by atoms with E-state index in [4.69, 9.17) is 0 Å². The van der Waals surface area contributed by atoms with Gasteiger partial charge >= 0.3 is 0 Å². The van der Waals surface area contributed by atoms with Gasteiger partial charge in [-0.05, 0) is 24.0 Å². The molecule has 0 N–H and O–H groups in total. The van der Waals surface area contributed by atoms with Crippen molar-refractivity contribution < 1.29 is 0 Å². The molecule has 2 aromatic carbocycles. The standard InChI is InChI=1S/C29H44/c1-3-5-6-7-8-9-10-11-12-13-14-21-26-29(4-2,27-22-17-15-18-23-27)28-24-19-16-20-25-28/h15-20,22-25H,3-14,21,26H2,1-2H3. The molecule has 0 aromatic heterocycles. The smallest absolute Gasteiger partial charge is 0.0200 e. The van der Waals surface area contributed by atoms with Crippen LogP contribution in [0, 0.1) is 0 Å². The Balaban J connectivity index is 1.74. The van der Waals surface area contributed by atoms with Crippen molar-refractivity contribution in [1.29, 1.82) is 0 Å². The highest BCUT2D eigenvalue weighted by Gasteiger charge is 2.31. The molecule has 0 saturated carbocycles. The van der Waals surface area contributed by atoms with Crippen molar-refractivity contribution in [3.8, 4) is 0 Å². The van der Waals surface area contributed by atoms with Gasteiger partial charge in [0.2, 0.25) is 0 Å². The summed E-state index contributed by atoms with van der Waals surface area (Å²) in [4.78, 5) is 0. The summed E-state index contributed by atoms with van der Waals surface area (Å²) in [7, 11) is 0. The highest BCUT2D eigenvalue weighted by Crippen LogP contribution is 2.40. The number of hydrogen-bond donors (Lipinski definition) is 0. The van der Waals surface area contributed by atoms with E-state index < -0.39 is 0 Å². The molecule has 160 valence electrons. The molecule has 0 fully saturated rings. The normalized spacial score (nSPS) is 11.7. The molecule has 0 aliphatic carbocycles. The van der Waals surface area contributed by atoms with Gasteiger partial charge in [-0.3, -0.25) is 0 Å². The topological polar surface area (TPSA) is 0 Å². The SMILES string of the molecule is CCCCCCCCCCCCCCC(CC)(c1ccccc1)c1ccccc1. The average Bonchev–Trinajstić information content (AvgIpc) is 2.78. The van der Waals surface area contributed by atoms with E-state index >= 15 is 0 Å². The first kappa shape index (κ1) is 23.7. The fourth-order valence-electron chi connectivity index (χ4n) is 4.82. The molecule has 0 heterocycles. The van der Waals surface area contributed by atoms with E-state index in [2.05, 4.69) is 74.5 Å². The molecule has 0 radical (unpaired) electrons. The third kappa shape index (κ3) is 8.00. The van der Waals surface area contributed by atoms with Gasteiger partial charge in [0.05, 0.1) is 0 Å². The van der Waals surface area contributed by atoms with Crippen LogP contribution < -0.4 is 0 Å². The van der Waals surface area contributed by atoms with Crippen LogP contribution in [0.4, 0.5) is 0 Å². The molecule has 0 amide bonds. The maximum Gasteiger partial charge on any atom is 0.0200 e. The van der Waals surface area contributed by atoms with E-state index in [9.17, 15) is 0 Å². The number of hydrogen-bond acceptors (Lipinski definition) is 0. The minimum Gasteiger partial charge on any atom is -0.0654 e. The zero-order valence-corrected chi connectivity index (χ0v) is 19.2. The molecule has 29 heavy (non-hydrogen) atoms. The van der Waals surface area contributed by atoms with E-state index in [1.165, 1.54) is 101 Å². The first-order valence-electron chi connectivity index (χ1n) is 12.4. The Bertz CT molecular complexity index is 574. The molecule has 0 unspecified atom stereocenters. The molecular weight excluding hydrogens is 348 g/mol. The van der Waals surface area contributed by atoms with Crippen molar-refractivity contribution in [3.05, 3.63) is 71.8 Å². The fourth-order valence-corrected chi connectivity index (χ4v) is 4.82. The maximum atomic E-state index is 2.36. The number of unbranched alkanes of at least 4 members (excludes halogenated alkanes) is 11. The number of benzene rings is 2. The highest BCUT2D eigenvalue weighted by atomic mass is 14.3. The van der Waals surface area contributed by atoms with E-state index in [1.54, 1.807) is 0 Å². The molecule has 0 bridgehead atoms. The lowest BCUT2D eigenvalue weighted by Gasteiger charge is -2.34. The third-order valence-electron chi connectivity index (χ3n) is 6.71. The Morgan fingerprint density at radius 1 is 0.483 bits per heavy atom. The van der Waals surface area contributed by atoms with Crippen LogP contribution in [0.15, 0.2) is 60.7 Å². The first-order valence-corrected chi connectivity index (χ1v) is 12.4. The lowest BCUT2D eigenvalue weighted by molar-refractivity contribution is 0.424. The van der Waals surface area contributed by atoms with Crippen molar-refractivity contribution in [2.24, 2.45) is 0 Å². The van der Waals surface area contributed by atoms with E-state index in [1.807, 2.05) is 0 Å². The molecule has 0 heteroatoms. The van der Waals surface area contributed by atoms with E-state index in [-0.39, 0.29) is 5.41 Å². The van der Waals surface area contributed by atoms with Gasteiger partial charge in [0.15, 0.2) is 0 Å². The monoisotopic (exact) mass is 392 g/mol. The molecule has 0 aliphatic heterocycles. The summed E-state index contributed by atoms with van der Waals surface area (Å²) in [6.45, 7) is 4.66. The van der Waals surface area contributed by atoms with Gasteiger partial charge in [-0.1, -0.05) is 152 Å². The summed E-state index contributed by atoms with van der Waals surface area (Å²) < 4.78 is 0. The van der Waals surface area contributed by atoms with Crippen molar-refractivity contribution >= 4 is 0 Å². The Hall–Kier alpha value is -1.56. The van der Waals surface area contributed by atoms with Crippen LogP contribution in [0.1, 0.15) is 115 Å². The Morgan fingerprint density at radius 2 is 0.862 bits per heavy atom. The van der Waals surface area contributed by atoms with Gasteiger partial charge in [-0.25, -0.2) is 0 Å². The van der Waals surface area contributed by atoms with Crippen molar-refractivity contribution in [2.75, 3.05) is 0 Å². The van der Waals surface area contributed by atoms with Crippen molar-refractivity contribution in [2.45, 2.75) is 109 Å². The largest absolute Gasteiger partial charge is 0.0654 e. The van der Waals surface area contributed by atoms with Crippen LogP contribution in [0.3, 0.4) is 0 Å². The molecule has 0 spiro atoms. The van der Waals surface area contributed by atoms with Crippen molar-refractivity contribution in [3.63, 3.8) is 0 Å². The van der Waals surface area contributed by atoms with Crippen LogP contribution in [0.25, 0.3) is 0 Å². The average molecular weight is 393 g/mol. The number of rotatable bonds is 16. The summed E-state index contributed by atoms with van der Waals surface area (Å²) in [6, 6.07) is 22.4. The van der Waals surface area contributed by atoms with Gasteiger partial charge in [0, 0.05) is 5.41 Å². The van der Waals surface area contributed by atoms with Gasteiger partial charge < -0.3 is 0 Å². The van der Waals surface area contributed by atoms with Crippen LogP contribution in [0.5, 0.6) is 0 Å². The van der Waals surface area contributed by atoms with Crippen LogP contribution in [-0.4, -0.2) is 0 Å². The minimum atomic E-state index is 0.168. The predicted octanol–water partition coefficient (Wildman–Crippen LogP) is 9.47. The predicted molar refractivity (Wildman–Crippen MR) is 130 cm³/mol. The molecule has 0 atom stereocenters. The van der Waals surface area contributed by atoms with Crippen LogP contribution >= 0.6 is 0 Å². The summed E-state index contributed by atoms with van der Waals surface area (Å²) in [5.41, 5.74) is 3.13. The van der Waals surface area contributed by atoms with E-state index in [0.717, 1.165) is 0 Å². The van der Waals surface area contributed by atoms with Crippen molar-refractivity contribution in [1.82, 2.24) is 0 Å². The van der Waals surface area contributed by atoms with Gasteiger partial charge in [-0.15, -0.1) is 0 Å². The molecule has 0 aliphatic rings. The summed E-state index contributed by atoms with van der Waals surface area (Å²) in [5.74, 6) is 0. The van der Waals surface area contributed by atoms with E-state index in [0.29, 0.717) is 0 Å². The lowest BCUT2D eigenvalue weighted by Crippen LogP contribution is -2.27. The van der Waals surface area contributed by atoms with Gasteiger partial charge in [0.25, 0.3) is 0 Å². The second-order valence-corrected chi connectivity index (χ2v) is 8.81. The molecule has 0 saturated heterocycles. The van der Waals surface area contributed by atoms with Crippen LogP contribution in [-0.2, 0) is 5.41 Å². The quantitative estimate of drug-likeness (QED) is 0.249. The zero-order chi connectivity index (χ0) is 20.6. The zero-order valence-electron chi connectivity index (χ0n) is 19.2. The highest BCUT2D eigenvalue weighted by molar-refractivity contribution is 5.39. The maximum absolute atomic E-state index is 2.36. The summed E-state index contributed by atoms with van der Waals surface area (Å²) >= 11 is 0. The van der Waals surface area contributed by atoms with Crippen LogP contribution in [0.2, 0.25) is 0 Å².